The molecule has 23 heavy (non-hydrogen) atoms. The lowest BCUT2D eigenvalue weighted by molar-refractivity contribution is -0.146. The number of hydrogen-bond acceptors (Lipinski definition) is 4. The van der Waals surface area contributed by atoms with E-state index in [0.717, 1.165) is 5.56 Å². The van der Waals surface area contributed by atoms with Gasteiger partial charge in [-0.3, -0.25) is 9.59 Å². The molecule has 1 atom stereocenters. The first-order chi connectivity index (χ1) is 11.0. The molecule has 0 unspecified atom stereocenters. The quantitative estimate of drug-likeness (QED) is 0.844. The summed E-state index contributed by atoms with van der Waals surface area (Å²) in [6, 6.07) is 10.4. The van der Waals surface area contributed by atoms with E-state index in [1.807, 2.05) is 0 Å². The lowest BCUT2D eigenvalue weighted by atomic mass is 10.0. The van der Waals surface area contributed by atoms with Crippen LogP contribution in [0.2, 0.25) is 5.02 Å². The van der Waals surface area contributed by atoms with E-state index in [2.05, 4.69) is 15.6 Å². The molecule has 1 aromatic carbocycles. The number of anilines is 1. The Bertz CT molecular complexity index is 763. The molecule has 2 aromatic rings. The van der Waals surface area contributed by atoms with Gasteiger partial charge in [-0.25, -0.2) is 4.98 Å². The van der Waals surface area contributed by atoms with Crippen LogP contribution in [0.4, 0.5) is 5.82 Å². The second-order valence-corrected chi connectivity index (χ2v) is 5.69. The second-order valence-electron chi connectivity index (χ2n) is 5.25. The van der Waals surface area contributed by atoms with E-state index in [1.165, 1.54) is 13.1 Å². The number of ether oxygens (including phenoxy) is 1. The Hall–Kier alpha value is -2.60. The molecule has 0 aliphatic carbocycles. The maximum atomic E-state index is 12.4. The summed E-state index contributed by atoms with van der Waals surface area (Å²) in [4.78, 5) is 28.7. The number of amides is 2. The molecular formula is C16H14ClN3O3. The topological polar surface area (TPSA) is 80.3 Å². The van der Waals surface area contributed by atoms with Crippen LogP contribution in [0.5, 0.6) is 5.75 Å². The van der Waals surface area contributed by atoms with Crippen molar-refractivity contribution in [3.8, 4) is 5.75 Å². The summed E-state index contributed by atoms with van der Waals surface area (Å²) < 4.78 is 5.59. The predicted molar refractivity (Wildman–Crippen MR) is 85.2 cm³/mol. The zero-order valence-corrected chi connectivity index (χ0v) is 13.1. The summed E-state index contributed by atoms with van der Waals surface area (Å²) in [5, 5.41) is 5.90. The highest BCUT2D eigenvalue weighted by Gasteiger charge is 2.47. The number of carbonyl (C=O) groups is 2. The van der Waals surface area contributed by atoms with Gasteiger partial charge >= 0.3 is 0 Å². The van der Waals surface area contributed by atoms with Crippen LogP contribution in [0.3, 0.4) is 0 Å². The molecule has 0 saturated heterocycles. The van der Waals surface area contributed by atoms with Crippen LogP contribution in [0, 0.1) is 0 Å². The number of rotatable bonds is 3. The van der Waals surface area contributed by atoms with Gasteiger partial charge in [-0.05, 0) is 36.8 Å². The number of halogens is 1. The molecule has 0 fully saturated rings. The average molecular weight is 332 g/mol. The molecule has 0 spiro atoms. The van der Waals surface area contributed by atoms with Gasteiger partial charge in [0.2, 0.25) is 0 Å². The molecule has 0 saturated carbocycles. The van der Waals surface area contributed by atoms with Gasteiger partial charge in [-0.15, -0.1) is 0 Å². The number of fused-ring (bicyclic) bond motifs is 1. The second kappa shape index (κ2) is 5.89. The highest BCUT2D eigenvalue weighted by Crippen LogP contribution is 2.31. The van der Waals surface area contributed by atoms with E-state index < -0.39 is 17.4 Å². The Morgan fingerprint density at radius 2 is 2.09 bits per heavy atom. The third-order valence-electron chi connectivity index (χ3n) is 3.55. The van der Waals surface area contributed by atoms with Crippen LogP contribution in [0.25, 0.3) is 0 Å². The van der Waals surface area contributed by atoms with Crippen molar-refractivity contribution in [1.82, 2.24) is 10.3 Å². The van der Waals surface area contributed by atoms with Gasteiger partial charge in [-0.1, -0.05) is 23.7 Å². The summed E-state index contributed by atoms with van der Waals surface area (Å²) in [7, 11) is 0. The lowest BCUT2D eigenvalue weighted by Gasteiger charge is -2.32. The average Bonchev–Trinajstić information content (AvgIpc) is 2.55. The third kappa shape index (κ3) is 2.98. The van der Waals surface area contributed by atoms with Crippen molar-refractivity contribution in [3.63, 3.8) is 0 Å². The number of hydrogen-bond donors (Lipinski definition) is 2. The number of nitrogens with one attached hydrogen (secondary N) is 2. The fourth-order valence-electron chi connectivity index (χ4n) is 2.16. The molecule has 7 heteroatoms. The van der Waals surface area contributed by atoms with Crippen LogP contribution >= 0.6 is 11.6 Å². The van der Waals surface area contributed by atoms with Crippen molar-refractivity contribution in [2.75, 3.05) is 5.32 Å². The lowest BCUT2D eigenvalue weighted by Crippen LogP contribution is -2.58. The number of nitrogens with zero attached hydrogens (tertiary/aromatic N) is 1. The number of benzene rings is 1. The highest BCUT2D eigenvalue weighted by molar-refractivity contribution is 6.30. The highest BCUT2D eigenvalue weighted by atomic mass is 35.5. The number of pyridine rings is 1. The van der Waals surface area contributed by atoms with Gasteiger partial charge in [-0.2, -0.15) is 0 Å². The van der Waals surface area contributed by atoms with Crippen molar-refractivity contribution >= 4 is 29.2 Å². The van der Waals surface area contributed by atoms with E-state index >= 15 is 0 Å². The number of carbonyl (C=O) groups excluding carboxylic acids is 2. The minimum atomic E-state index is -1.65. The summed E-state index contributed by atoms with van der Waals surface area (Å²) >= 11 is 5.82. The van der Waals surface area contributed by atoms with Crippen LogP contribution < -0.4 is 15.4 Å². The molecule has 1 aromatic heterocycles. The smallest absolute Gasteiger partial charge is 0.279 e. The molecule has 0 radical (unpaired) electrons. The van der Waals surface area contributed by atoms with E-state index in [9.17, 15) is 9.59 Å². The van der Waals surface area contributed by atoms with Crippen molar-refractivity contribution < 1.29 is 14.3 Å². The molecule has 1 aliphatic rings. The van der Waals surface area contributed by atoms with Gasteiger partial charge in [0, 0.05) is 17.8 Å². The Balaban J connectivity index is 1.73. The van der Waals surface area contributed by atoms with Crippen LogP contribution in [-0.2, 0) is 16.1 Å². The molecule has 2 N–H and O–H groups in total. The zero-order valence-electron chi connectivity index (χ0n) is 12.3. The van der Waals surface area contributed by atoms with Crippen molar-refractivity contribution in [3.05, 3.63) is 53.2 Å². The summed E-state index contributed by atoms with van der Waals surface area (Å²) in [5.74, 6) is -0.423. The van der Waals surface area contributed by atoms with Crippen LogP contribution in [-0.4, -0.2) is 22.4 Å². The first kappa shape index (κ1) is 15.3. The first-order valence-corrected chi connectivity index (χ1v) is 7.35. The molecule has 6 nitrogen and oxygen atoms in total. The minimum absolute atomic E-state index is 0.266. The summed E-state index contributed by atoms with van der Waals surface area (Å²) in [6.45, 7) is 1.69. The monoisotopic (exact) mass is 331 g/mol. The molecule has 118 valence electrons. The van der Waals surface area contributed by atoms with Gasteiger partial charge in [0.15, 0.2) is 11.6 Å². The predicted octanol–water partition coefficient (Wildman–Crippen LogP) is 2.14. The maximum absolute atomic E-state index is 12.4. The SMILES string of the molecule is C[C@]1(C(=O)NCc2ccc(Cl)cc2)Oc2cccnc2NC1=O. The van der Waals surface area contributed by atoms with E-state index in [-0.39, 0.29) is 6.54 Å². The van der Waals surface area contributed by atoms with Gasteiger partial charge < -0.3 is 15.4 Å². The molecule has 1 aliphatic heterocycles. The Labute approximate surface area is 137 Å². The summed E-state index contributed by atoms with van der Waals surface area (Å²) in [6.07, 6.45) is 1.53. The van der Waals surface area contributed by atoms with Crippen molar-refractivity contribution in [2.24, 2.45) is 0 Å². The van der Waals surface area contributed by atoms with Gasteiger partial charge in [0.1, 0.15) is 0 Å². The fourth-order valence-corrected chi connectivity index (χ4v) is 2.29. The van der Waals surface area contributed by atoms with Gasteiger partial charge in [0.05, 0.1) is 0 Å². The van der Waals surface area contributed by atoms with E-state index in [4.69, 9.17) is 16.3 Å². The van der Waals surface area contributed by atoms with Crippen LogP contribution in [0.1, 0.15) is 12.5 Å². The Morgan fingerprint density at radius 1 is 1.35 bits per heavy atom. The standard InChI is InChI=1S/C16H14ClN3O3/c1-16(14(21)19-9-10-4-6-11(17)7-5-10)15(22)20-13-12(23-16)3-2-8-18-13/h2-8H,9H2,1H3,(H,19,21)(H,18,20,22)/t16-/m1/s1. The van der Waals surface area contributed by atoms with Crippen molar-refractivity contribution in [2.45, 2.75) is 19.1 Å². The maximum Gasteiger partial charge on any atom is 0.279 e. The Kier molecular flexibility index (Phi) is 3.92. The van der Waals surface area contributed by atoms with Gasteiger partial charge in [0.25, 0.3) is 17.4 Å². The normalized spacial score (nSPS) is 19.3. The summed E-state index contributed by atoms with van der Waals surface area (Å²) in [5.41, 5.74) is -0.785. The third-order valence-corrected chi connectivity index (χ3v) is 3.80. The first-order valence-electron chi connectivity index (χ1n) is 6.97. The Morgan fingerprint density at radius 3 is 2.83 bits per heavy atom. The van der Waals surface area contributed by atoms with Crippen molar-refractivity contribution in [1.29, 1.82) is 0 Å². The minimum Gasteiger partial charge on any atom is -0.464 e. The molecule has 2 heterocycles. The molecule has 3 rings (SSSR count). The molecule has 0 bridgehead atoms. The molecule has 2 amide bonds. The molecular weight excluding hydrogens is 318 g/mol. The fraction of sp³-hybridized carbons (Fsp3) is 0.188. The largest absolute Gasteiger partial charge is 0.464 e. The zero-order chi connectivity index (χ0) is 16.4. The van der Waals surface area contributed by atoms with E-state index in [1.54, 1.807) is 36.4 Å². The number of aromatic nitrogens is 1. The van der Waals surface area contributed by atoms with E-state index in [0.29, 0.717) is 16.6 Å². The van der Waals surface area contributed by atoms with Crippen LogP contribution in [0.15, 0.2) is 42.6 Å².